The highest BCUT2D eigenvalue weighted by molar-refractivity contribution is 7.89. The van der Waals surface area contributed by atoms with Crippen molar-refractivity contribution < 1.29 is 23.1 Å². The maximum atomic E-state index is 12.7. The maximum Gasteiger partial charge on any atom is 0.341 e. The van der Waals surface area contributed by atoms with Crippen molar-refractivity contribution in [3.63, 3.8) is 0 Å². The third-order valence-corrected chi connectivity index (χ3v) is 5.68. The molecule has 0 amide bonds. The van der Waals surface area contributed by atoms with Gasteiger partial charge in [0.2, 0.25) is 10.0 Å². The van der Waals surface area contributed by atoms with Crippen LogP contribution in [0.4, 0.5) is 0 Å². The average Bonchev–Trinajstić information content (AvgIpc) is 2.54. The Morgan fingerprint density at radius 1 is 1.39 bits per heavy atom. The van der Waals surface area contributed by atoms with E-state index in [1.165, 1.54) is 28.6 Å². The number of nitrogens with zero attached hydrogens (tertiary/aromatic N) is 1. The smallest absolute Gasteiger partial charge is 0.341 e. The molecule has 0 radical (unpaired) electrons. The molecule has 0 saturated carbocycles. The Labute approximate surface area is 136 Å². The van der Waals surface area contributed by atoms with Crippen molar-refractivity contribution in [2.75, 3.05) is 19.7 Å². The minimum atomic E-state index is -3.53. The summed E-state index contributed by atoms with van der Waals surface area (Å²) in [5.74, 6) is -0.438. The monoisotopic (exact) mass is 339 g/mol. The Morgan fingerprint density at radius 2 is 2.09 bits per heavy atom. The Hall–Kier alpha value is -1.86. The molecule has 1 aromatic carbocycles. The molecule has 0 aromatic heterocycles. The lowest BCUT2D eigenvalue weighted by molar-refractivity contribution is -0.139. The van der Waals surface area contributed by atoms with Gasteiger partial charge in [0, 0.05) is 13.1 Å². The average molecular weight is 339 g/mol. The van der Waals surface area contributed by atoms with E-state index in [0.29, 0.717) is 24.8 Å². The molecule has 0 bridgehead atoms. The molecule has 1 aliphatic rings. The molecule has 23 heavy (non-hydrogen) atoms. The van der Waals surface area contributed by atoms with Crippen LogP contribution >= 0.6 is 0 Å². The Morgan fingerprint density at radius 3 is 2.70 bits per heavy atom. The molecular weight excluding hydrogens is 318 g/mol. The lowest BCUT2D eigenvalue weighted by Crippen LogP contribution is -2.39. The third-order valence-electron chi connectivity index (χ3n) is 3.81. The van der Waals surface area contributed by atoms with Crippen molar-refractivity contribution >= 4 is 16.0 Å². The second-order valence-corrected chi connectivity index (χ2v) is 7.49. The van der Waals surface area contributed by atoms with Gasteiger partial charge in [0.25, 0.3) is 0 Å². The zero-order valence-electron chi connectivity index (χ0n) is 12.8. The van der Waals surface area contributed by atoms with Crippen molar-refractivity contribution in [3.8, 4) is 5.75 Å². The van der Waals surface area contributed by atoms with Crippen molar-refractivity contribution in [2.24, 2.45) is 5.92 Å². The summed E-state index contributed by atoms with van der Waals surface area (Å²) in [5.41, 5.74) is 0. The number of benzene rings is 1. The number of carboxylic acid groups (broad SMARTS) is 1. The Balaban J connectivity index is 2.09. The van der Waals surface area contributed by atoms with Crippen molar-refractivity contribution in [1.29, 1.82) is 0 Å². The van der Waals surface area contributed by atoms with Crippen LogP contribution in [-0.4, -0.2) is 43.5 Å². The van der Waals surface area contributed by atoms with E-state index in [1.807, 2.05) is 6.08 Å². The van der Waals surface area contributed by atoms with Crippen LogP contribution in [0.15, 0.2) is 41.8 Å². The quantitative estimate of drug-likeness (QED) is 0.769. The summed E-state index contributed by atoms with van der Waals surface area (Å²) < 4.78 is 31.9. The van der Waals surface area contributed by atoms with Crippen LogP contribution in [-0.2, 0) is 14.8 Å². The molecular formula is C16H21NO5S. The highest BCUT2D eigenvalue weighted by atomic mass is 32.2. The summed E-state index contributed by atoms with van der Waals surface area (Å²) in [6, 6.07) is 5.84. The molecule has 1 saturated heterocycles. The number of ether oxygens (including phenoxy) is 1. The molecule has 0 aliphatic carbocycles. The standard InChI is InChI=1S/C16H21NO5S/c1-2-4-13-5-3-10-17(11-13)23(20,21)15-8-6-14(7-9-15)22-12-16(18)19/h2,6-9,13H,1,3-5,10-12H2,(H,18,19). The molecule has 7 heteroatoms. The van der Waals surface area contributed by atoms with Crippen LogP contribution in [0.25, 0.3) is 0 Å². The molecule has 6 nitrogen and oxygen atoms in total. The van der Waals surface area contributed by atoms with Gasteiger partial charge in [-0.25, -0.2) is 13.2 Å². The first-order valence-electron chi connectivity index (χ1n) is 7.49. The van der Waals surface area contributed by atoms with Crippen LogP contribution in [0.1, 0.15) is 19.3 Å². The van der Waals surface area contributed by atoms with Crippen LogP contribution < -0.4 is 4.74 Å². The normalized spacial score (nSPS) is 19.2. The zero-order valence-corrected chi connectivity index (χ0v) is 13.7. The van der Waals surface area contributed by atoms with Crippen LogP contribution in [0.5, 0.6) is 5.75 Å². The van der Waals surface area contributed by atoms with E-state index in [1.54, 1.807) is 0 Å². The molecule has 1 aliphatic heterocycles. The van der Waals surface area contributed by atoms with Crippen molar-refractivity contribution in [2.45, 2.75) is 24.2 Å². The minimum Gasteiger partial charge on any atom is -0.482 e. The summed E-state index contributed by atoms with van der Waals surface area (Å²) in [6.45, 7) is 4.29. The van der Waals surface area contributed by atoms with E-state index in [4.69, 9.17) is 9.84 Å². The van der Waals surface area contributed by atoms with Gasteiger partial charge in [-0.05, 0) is 49.4 Å². The Kier molecular flexibility index (Phi) is 5.79. The molecule has 126 valence electrons. The predicted octanol–water partition coefficient (Wildman–Crippen LogP) is 2.13. The number of hydrogen-bond acceptors (Lipinski definition) is 4. The fourth-order valence-corrected chi connectivity index (χ4v) is 4.23. The molecule has 1 fully saturated rings. The number of allylic oxidation sites excluding steroid dienone is 1. The zero-order chi connectivity index (χ0) is 16.9. The first kappa shape index (κ1) is 17.5. The van der Waals surface area contributed by atoms with Crippen LogP contribution in [0.3, 0.4) is 0 Å². The molecule has 1 unspecified atom stereocenters. The number of rotatable bonds is 7. The second-order valence-electron chi connectivity index (χ2n) is 5.55. The first-order valence-corrected chi connectivity index (χ1v) is 8.93. The topological polar surface area (TPSA) is 83.9 Å². The van der Waals surface area contributed by atoms with Gasteiger partial charge in [0.15, 0.2) is 6.61 Å². The van der Waals surface area contributed by atoms with Gasteiger partial charge in [0.05, 0.1) is 4.90 Å². The van der Waals surface area contributed by atoms with E-state index in [-0.39, 0.29) is 4.90 Å². The maximum absolute atomic E-state index is 12.7. The van der Waals surface area contributed by atoms with E-state index in [0.717, 1.165) is 19.3 Å². The number of carbonyl (C=O) groups is 1. The molecule has 0 spiro atoms. The van der Waals surface area contributed by atoms with Crippen LogP contribution in [0.2, 0.25) is 0 Å². The first-order chi connectivity index (χ1) is 10.9. The number of aliphatic carboxylic acids is 1. The van der Waals surface area contributed by atoms with E-state index in [9.17, 15) is 13.2 Å². The molecule has 1 heterocycles. The lowest BCUT2D eigenvalue weighted by atomic mass is 9.96. The third kappa shape index (κ3) is 4.56. The number of sulfonamides is 1. The highest BCUT2D eigenvalue weighted by Crippen LogP contribution is 2.26. The van der Waals surface area contributed by atoms with Crippen LogP contribution in [0, 0.1) is 5.92 Å². The lowest BCUT2D eigenvalue weighted by Gasteiger charge is -2.31. The van der Waals surface area contributed by atoms with Crippen molar-refractivity contribution in [1.82, 2.24) is 4.31 Å². The Bertz CT molecular complexity index is 654. The SMILES string of the molecule is C=CCC1CCCN(S(=O)(=O)c2ccc(OCC(=O)O)cc2)C1. The van der Waals surface area contributed by atoms with E-state index >= 15 is 0 Å². The van der Waals surface area contributed by atoms with E-state index in [2.05, 4.69) is 6.58 Å². The van der Waals surface area contributed by atoms with Gasteiger partial charge in [-0.15, -0.1) is 6.58 Å². The molecule has 1 N–H and O–H groups in total. The summed E-state index contributed by atoms with van der Waals surface area (Å²) in [7, 11) is -3.53. The number of hydrogen-bond donors (Lipinski definition) is 1. The van der Waals surface area contributed by atoms with Crippen molar-refractivity contribution in [3.05, 3.63) is 36.9 Å². The fourth-order valence-electron chi connectivity index (χ4n) is 2.68. The molecule has 1 aromatic rings. The van der Waals surface area contributed by atoms with Gasteiger partial charge in [-0.2, -0.15) is 4.31 Å². The summed E-state index contributed by atoms with van der Waals surface area (Å²) in [5, 5.41) is 8.56. The summed E-state index contributed by atoms with van der Waals surface area (Å²) in [6.07, 6.45) is 4.50. The summed E-state index contributed by atoms with van der Waals surface area (Å²) in [4.78, 5) is 10.6. The number of carboxylic acids is 1. The van der Waals surface area contributed by atoms with Gasteiger partial charge in [-0.3, -0.25) is 0 Å². The second kappa shape index (κ2) is 7.61. The fraction of sp³-hybridized carbons (Fsp3) is 0.438. The predicted molar refractivity (Wildman–Crippen MR) is 85.9 cm³/mol. The molecule has 1 atom stereocenters. The highest BCUT2D eigenvalue weighted by Gasteiger charge is 2.29. The largest absolute Gasteiger partial charge is 0.482 e. The summed E-state index contributed by atoms with van der Waals surface area (Å²) >= 11 is 0. The minimum absolute atomic E-state index is 0.194. The van der Waals surface area contributed by atoms with Gasteiger partial charge < -0.3 is 9.84 Å². The van der Waals surface area contributed by atoms with Gasteiger partial charge in [-0.1, -0.05) is 6.08 Å². The number of piperidine rings is 1. The van der Waals surface area contributed by atoms with E-state index < -0.39 is 22.6 Å². The van der Waals surface area contributed by atoms with Gasteiger partial charge >= 0.3 is 5.97 Å². The van der Waals surface area contributed by atoms with Gasteiger partial charge in [0.1, 0.15) is 5.75 Å². The molecule has 2 rings (SSSR count).